The molecule has 0 spiro atoms. The second kappa shape index (κ2) is 13.2. The number of methoxy groups -OCH3 is 1. The average molecular weight is 657 g/mol. The van der Waals surface area contributed by atoms with Gasteiger partial charge in [-0.2, -0.15) is 5.10 Å². The van der Waals surface area contributed by atoms with Crippen LogP contribution >= 0.6 is 0 Å². The van der Waals surface area contributed by atoms with Crippen LogP contribution in [-0.2, 0) is 7.05 Å². The van der Waals surface area contributed by atoms with Crippen LogP contribution in [-0.4, -0.2) is 68.1 Å². The summed E-state index contributed by atoms with van der Waals surface area (Å²) in [6, 6.07) is 14.9. The number of amides is 1. The number of benzene rings is 2. The molecule has 12 nitrogen and oxygen atoms in total. The van der Waals surface area contributed by atoms with Gasteiger partial charge in [0.15, 0.2) is 0 Å². The number of fused-ring (bicyclic) bond motifs is 1. The molecule has 4 aromatic heterocycles. The van der Waals surface area contributed by atoms with Crippen LogP contribution in [0.5, 0.6) is 17.5 Å². The van der Waals surface area contributed by atoms with Gasteiger partial charge < -0.3 is 24.1 Å². The first-order chi connectivity index (χ1) is 23.7. The van der Waals surface area contributed by atoms with Crippen molar-refractivity contribution in [2.75, 3.05) is 33.1 Å². The van der Waals surface area contributed by atoms with E-state index in [-0.39, 0.29) is 17.7 Å². The van der Waals surface area contributed by atoms with Gasteiger partial charge in [-0.3, -0.25) is 9.48 Å². The second-order valence-corrected chi connectivity index (χ2v) is 12.2. The zero-order chi connectivity index (χ0) is 34.1. The molecule has 49 heavy (non-hydrogen) atoms. The highest BCUT2D eigenvalue weighted by atomic mass is 16.5. The molecule has 1 unspecified atom stereocenters. The van der Waals surface area contributed by atoms with E-state index in [2.05, 4.69) is 62.7 Å². The molecule has 2 aromatic carbocycles. The van der Waals surface area contributed by atoms with E-state index in [0.29, 0.717) is 39.7 Å². The average Bonchev–Trinajstić information content (AvgIpc) is 3.83. The summed E-state index contributed by atoms with van der Waals surface area (Å²) < 4.78 is 21.6. The topological polar surface area (TPSA) is 125 Å². The van der Waals surface area contributed by atoms with E-state index in [1.165, 1.54) is 19.0 Å². The first-order valence-corrected chi connectivity index (χ1v) is 15.8. The van der Waals surface area contributed by atoms with Crippen molar-refractivity contribution < 1.29 is 18.7 Å². The molecular formula is C37H36N8O4. The third-order valence-corrected chi connectivity index (χ3v) is 8.21. The van der Waals surface area contributed by atoms with Crippen LogP contribution in [0.3, 0.4) is 0 Å². The molecule has 0 fully saturated rings. The smallest absolute Gasteiger partial charge is 0.262 e. The second-order valence-electron chi connectivity index (χ2n) is 12.2. The molecule has 0 radical (unpaired) electrons. The standard InChI is InChI=1S/C37H36N8O4/c1-23-9-13-28(14-10-23)45-21-30(35(42-45)47-5)34(46)41-27-11-15-29(16-12-27)48-36-32-31(25-8-6-7-24(17-25)19-43(2)3)33(26-18-40-44(4)20-26)49-37(32)39-22-38-36/h6-7,9-18,20-22,25H,8,19H2,1-5H3,(H,41,46). The minimum atomic E-state index is -0.351. The maximum absolute atomic E-state index is 13.3. The lowest BCUT2D eigenvalue weighted by Gasteiger charge is -2.20. The molecule has 1 atom stereocenters. The van der Waals surface area contributed by atoms with E-state index in [1.807, 2.05) is 44.4 Å². The Balaban J connectivity index is 1.16. The van der Waals surface area contributed by atoms with Gasteiger partial charge >= 0.3 is 0 Å². The van der Waals surface area contributed by atoms with Crippen molar-refractivity contribution in [3.05, 3.63) is 114 Å². The quantitative estimate of drug-likeness (QED) is 0.171. The molecule has 1 N–H and O–H groups in total. The Kier molecular flexibility index (Phi) is 8.54. The van der Waals surface area contributed by atoms with Crippen LogP contribution in [0.2, 0.25) is 0 Å². The van der Waals surface area contributed by atoms with Gasteiger partial charge in [0.1, 0.15) is 28.8 Å². The molecule has 12 heteroatoms. The van der Waals surface area contributed by atoms with E-state index >= 15 is 0 Å². The van der Waals surface area contributed by atoms with Gasteiger partial charge in [-0.1, -0.05) is 35.9 Å². The van der Waals surface area contributed by atoms with Crippen molar-refractivity contribution in [3.63, 3.8) is 0 Å². The summed E-state index contributed by atoms with van der Waals surface area (Å²) in [5.74, 6) is 1.48. The lowest BCUT2D eigenvalue weighted by molar-refractivity contribution is 0.102. The van der Waals surface area contributed by atoms with E-state index in [0.717, 1.165) is 35.3 Å². The monoisotopic (exact) mass is 656 g/mol. The third-order valence-electron chi connectivity index (χ3n) is 8.21. The Morgan fingerprint density at radius 1 is 1.06 bits per heavy atom. The lowest BCUT2D eigenvalue weighted by atomic mass is 9.87. The summed E-state index contributed by atoms with van der Waals surface area (Å²) in [5.41, 5.74) is 6.27. The lowest BCUT2D eigenvalue weighted by Crippen LogP contribution is -2.16. The minimum absolute atomic E-state index is 0.00898. The van der Waals surface area contributed by atoms with Crippen LogP contribution in [0.4, 0.5) is 5.69 Å². The number of nitrogens with zero attached hydrogens (tertiary/aromatic N) is 7. The summed E-state index contributed by atoms with van der Waals surface area (Å²) in [6.45, 7) is 2.83. The maximum Gasteiger partial charge on any atom is 0.262 e. The number of carbonyl (C=O) groups is 1. The highest BCUT2D eigenvalue weighted by Crippen LogP contribution is 2.44. The minimum Gasteiger partial charge on any atom is -0.479 e. The van der Waals surface area contributed by atoms with Crippen molar-refractivity contribution in [1.82, 2.24) is 34.4 Å². The number of furan rings is 1. The van der Waals surface area contributed by atoms with E-state index in [9.17, 15) is 4.79 Å². The van der Waals surface area contributed by atoms with E-state index < -0.39 is 0 Å². The predicted molar refractivity (Wildman–Crippen MR) is 186 cm³/mol. The zero-order valence-electron chi connectivity index (χ0n) is 27.9. The molecule has 0 bridgehead atoms. The Morgan fingerprint density at radius 3 is 2.57 bits per heavy atom. The molecule has 4 heterocycles. The largest absolute Gasteiger partial charge is 0.479 e. The van der Waals surface area contributed by atoms with Gasteiger partial charge in [-0.05, 0) is 69.4 Å². The Hall–Kier alpha value is -6.01. The van der Waals surface area contributed by atoms with E-state index in [1.54, 1.807) is 46.0 Å². The molecule has 1 aliphatic rings. The van der Waals surface area contributed by atoms with E-state index in [4.69, 9.17) is 13.9 Å². The van der Waals surface area contributed by atoms with Crippen LogP contribution in [0.15, 0.2) is 102 Å². The number of likely N-dealkylation sites (N-methyl/N-ethyl adjacent to an activating group) is 1. The zero-order valence-corrected chi connectivity index (χ0v) is 27.9. The van der Waals surface area contributed by atoms with Crippen molar-refractivity contribution >= 4 is 22.7 Å². The Morgan fingerprint density at radius 2 is 1.86 bits per heavy atom. The summed E-state index contributed by atoms with van der Waals surface area (Å²) in [6.07, 6.45) is 14.2. The molecular weight excluding hydrogens is 620 g/mol. The number of rotatable bonds is 10. The van der Waals surface area contributed by atoms with Gasteiger partial charge in [0.05, 0.1) is 24.6 Å². The molecule has 0 aliphatic heterocycles. The SMILES string of the molecule is COc1nn(-c2ccc(C)cc2)cc1C(=O)Nc1ccc(Oc2ncnc3oc(-c4cnn(C)c4)c(C4C=C(CN(C)C)C=CC4)c23)cc1. The summed E-state index contributed by atoms with van der Waals surface area (Å²) in [7, 11) is 7.48. The van der Waals surface area contributed by atoms with Crippen molar-refractivity contribution in [2.45, 2.75) is 19.3 Å². The van der Waals surface area contributed by atoms with Gasteiger partial charge in [0.25, 0.3) is 5.91 Å². The summed E-state index contributed by atoms with van der Waals surface area (Å²) in [5, 5.41) is 12.5. The number of nitrogens with one attached hydrogen (secondary N) is 1. The van der Waals surface area contributed by atoms with Crippen LogP contribution in [0.25, 0.3) is 28.1 Å². The summed E-state index contributed by atoms with van der Waals surface area (Å²) in [4.78, 5) is 24.5. The molecule has 248 valence electrons. The van der Waals surface area contributed by atoms with Gasteiger partial charge in [-0.15, -0.1) is 5.10 Å². The number of aryl methyl sites for hydroxylation is 2. The fourth-order valence-electron chi connectivity index (χ4n) is 5.94. The fourth-order valence-corrected chi connectivity index (χ4v) is 5.94. The predicted octanol–water partition coefficient (Wildman–Crippen LogP) is 6.70. The number of allylic oxidation sites excluding steroid dienone is 2. The highest BCUT2D eigenvalue weighted by molar-refractivity contribution is 6.05. The highest BCUT2D eigenvalue weighted by Gasteiger charge is 2.28. The normalized spacial score (nSPS) is 14.3. The fraction of sp³-hybridized carbons (Fsp3) is 0.216. The van der Waals surface area contributed by atoms with Crippen LogP contribution < -0.4 is 14.8 Å². The number of hydrogen-bond donors (Lipinski definition) is 1. The number of anilines is 1. The number of carbonyl (C=O) groups excluding carboxylic acids is 1. The summed E-state index contributed by atoms with van der Waals surface area (Å²) >= 11 is 0. The Labute approximate surface area is 283 Å². The molecule has 6 aromatic rings. The number of ether oxygens (including phenoxy) is 2. The molecule has 1 aliphatic carbocycles. The number of hydrogen-bond acceptors (Lipinski definition) is 9. The molecule has 0 saturated heterocycles. The third kappa shape index (κ3) is 6.58. The van der Waals surface area contributed by atoms with Crippen LogP contribution in [0.1, 0.15) is 33.8 Å². The van der Waals surface area contributed by atoms with Gasteiger partial charge in [0.2, 0.25) is 17.5 Å². The molecule has 0 saturated carbocycles. The van der Waals surface area contributed by atoms with Crippen molar-refractivity contribution in [3.8, 4) is 34.5 Å². The number of aromatic nitrogens is 6. The van der Waals surface area contributed by atoms with Crippen molar-refractivity contribution in [2.24, 2.45) is 7.05 Å². The first kappa shape index (κ1) is 31.6. The van der Waals surface area contributed by atoms with Crippen molar-refractivity contribution in [1.29, 1.82) is 0 Å². The maximum atomic E-state index is 13.3. The van der Waals surface area contributed by atoms with Gasteiger partial charge in [0, 0.05) is 43.2 Å². The molecule has 7 rings (SSSR count). The van der Waals surface area contributed by atoms with Crippen LogP contribution in [0, 0.1) is 6.92 Å². The van der Waals surface area contributed by atoms with Gasteiger partial charge in [-0.25, -0.2) is 14.6 Å². The Bertz CT molecular complexity index is 2190. The first-order valence-electron chi connectivity index (χ1n) is 15.8. The molecule has 1 amide bonds.